The van der Waals surface area contributed by atoms with Crippen LogP contribution in [-0.4, -0.2) is 15.0 Å². The van der Waals surface area contributed by atoms with Crippen LogP contribution in [0.2, 0.25) is 0 Å². The summed E-state index contributed by atoms with van der Waals surface area (Å²) in [5, 5.41) is 0. The number of unbranched alkanes of at least 4 members (excludes halogenated alkanes) is 2. The highest BCUT2D eigenvalue weighted by Gasteiger charge is 2.16. The van der Waals surface area contributed by atoms with Gasteiger partial charge in [0.1, 0.15) is 5.52 Å². The fraction of sp³-hybridized carbons (Fsp3) is 0.195. The van der Waals surface area contributed by atoms with Crippen LogP contribution in [0.5, 0.6) is 0 Å². The van der Waals surface area contributed by atoms with E-state index in [1.54, 1.807) is 0 Å². The third kappa shape index (κ3) is 5.88. The summed E-state index contributed by atoms with van der Waals surface area (Å²) in [5.74, 6) is 0.692. The number of nitrogens with zero attached hydrogens (tertiary/aromatic N) is 3. The van der Waals surface area contributed by atoms with E-state index in [0.29, 0.717) is 5.89 Å². The van der Waals surface area contributed by atoms with Gasteiger partial charge in [0.05, 0.1) is 22.4 Å². The normalized spacial score (nSPS) is 11.4. The van der Waals surface area contributed by atoms with Gasteiger partial charge in [-0.05, 0) is 72.2 Å². The number of rotatable bonds is 10. The van der Waals surface area contributed by atoms with Gasteiger partial charge in [-0.25, -0.2) is 15.0 Å². The van der Waals surface area contributed by atoms with Gasteiger partial charge in [-0.15, -0.1) is 0 Å². The van der Waals surface area contributed by atoms with Gasteiger partial charge in [0, 0.05) is 16.7 Å². The Morgan fingerprint density at radius 1 is 0.467 bits per heavy atom. The Hall–Kier alpha value is -5.09. The lowest BCUT2D eigenvalue weighted by atomic mass is 9.99. The lowest BCUT2D eigenvalue weighted by Gasteiger charge is -2.11. The van der Waals surface area contributed by atoms with Gasteiger partial charge in [0.15, 0.2) is 5.58 Å². The maximum Gasteiger partial charge on any atom is 0.227 e. The summed E-state index contributed by atoms with van der Waals surface area (Å²) in [4.78, 5) is 15.1. The first-order chi connectivity index (χ1) is 22.2. The minimum Gasteiger partial charge on any atom is -0.436 e. The highest BCUT2D eigenvalue weighted by Crippen LogP contribution is 2.34. The second kappa shape index (κ2) is 12.9. The fourth-order valence-corrected chi connectivity index (χ4v) is 5.99. The molecule has 2 aromatic heterocycles. The topological polar surface area (TPSA) is 51.8 Å². The summed E-state index contributed by atoms with van der Waals surface area (Å²) < 4.78 is 6.47. The second-order valence-corrected chi connectivity index (χ2v) is 11.7. The van der Waals surface area contributed by atoms with Crippen molar-refractivity contribution < 1.29 is 4.42 Å². The van der Waals surface area contributed by atoms with E-state index in [1.807, 2.05) is 42.5 Å². The first kappa shape index (κ1) is 28.7. The number of fused-ring (bicyclic) bond motifs is 2. The van der Waals surface area contributed by atoms with Crippen molar-refractivity contribution in [3.63, 3.8) is 0 Å². The Morgan fingerprint density at radius 2 is 0.956 bits per heavy atom. The van der Waals surface area contributed by atoms with E-state index in [-0.39, 0.29) is 0 Å². The van der Waals surface area contributed by atoms with Gasteiger partial charge in [-0.1, -0.05) is 118 Å². The molecule has 5 aromatic carbocycles. The number of benzene rings is 5. The molecule has 4 nitrogen and oxygen atoms in total. The summed E-state index contributed by atoms with van der Waals surface area (Å²) in [7, 11) is 0. The molecule has 0 fully saturated rings. The molecule has 0 amide bonds. The van der Waals surface area contributed by atoms with Crippen molar-refractivity contribution in [2.24, 2.45) is 0 Å². The molecular formula is C41H37N3O. The molecule has 0 N–H and O–H groups in total. The molecule has 7 aromatic rings. The Kier molecular flexibility index (Phi) is 8.20. The quantitative estimate of drug-likeness (QED) is 0.160. The first-order valence-electron chi connectivity index (χ1n) is 16.2. The number of hydrogen-bond acceptors (Lipinski definition) is 4. The van der Waals surface area contributed by atoms with Crippen molar-refractivity contribution >= 4 is 22.1 Å². The molecule has 0 aliphatic carbocycles. The number of oxazole rings is 1. The highest BCUT2D eigenvalue weighted by atomic mass is 16.3. The third-order valence-electron chi connectivity index (χ3n) is 8.55. The summed E-state index contributed by atoms with van der Waals surface area (Å²) >= 11 is 0. The first-order valence-corrected chi connectivity index (χ1v) is 16.2. The van der Waals surface area contributed by atoms with E-state index in [2.05, 4.69) is 86.6 Å². The van der Waals surface area contributed by atoms with Crippen molar-refractivity contribution in [2.45, 2.75) is 52.4 Å². The molecule has 0 unspecified atom stereocenters. The van der Waals surface area contributed by atoms with Gasteiger partial charge in [-0.3, -0.25) is 0 Å². The average Bonchev–Trinajstić information content (AvgIpc) is 3.56. The van der Waals surface area contributed by atoms with Gasteiger partial charge in [0.2, 0.25) is 5.89 Å². The molecule has 0 atom stereocenters. The van der Waals surface area contributed by atoms with Crippen LogP contribution in [0.25, 0.3) is 67.2 Å². The molecule has 0 spiro atoms. The third-order valence-corrected chi connectivity index (χ3v) is 8.55. The SMILES string of the molecule is CCCCc1ccc(CCCC)c2oc(-c3ccc(-c4ccc(-c5nc6ccccc6nc5-c5ccccc5)cc4)cc3)nc12. The molecule has 0 radical (unpaired) electrons. The molecule has 0 aliphatic rings. The molecule has 0 aliphatic heterocycles. The van der Waals surface area contributed by atoms with E-state index in [0.717, 1.165) is 99.9 Å². The monoisotopic (exact) mass is 587 g/mol. The lowest BCUT2D eigenvalue weighted by Crippen LogP contribution is -1.95. The molecule has 4 heteroatoms. The van der Waals surface area contributed by atoms with E-state index in [9.17, 15) is 0 Å². The second-order valence-electron chi connectivity index (χ2n) is 11.7. The van der Waals surface area contributed by atoms with Crippen molar-refractivity contribution in [3.05, 3.63) is 126 Å². The molecule has 7 rings (SSSR count). The number of aromatic nitrogens is 3. The van der Waals surface area contributed by atoms with Crippen LogP contribution in [0.4, 0.5) is 0 Å². The van der Waals surface area contributed by atoms with Crippen LogP contribution in [0.3, 0.4) is 0 Å². The number of hydrogen-bond donors (Lipinski definition) is 0. The minimum atomic E-state index is 0.692. The maximum absolute atomic E-state index is 6.47. The molecule has 45 heavy (non-hydrogen) atoms. The van der Waals surface area contributed by atoms with E-state index in [1.165, 1.54) is 11.1 Å². The number of para-hydroxylation sites is 2. The minimum absolute atomic E-state index is 0.692. The largest absolute Gasteiger partial charge is 0.436 e. The number of aryl methyl sites for hydroxylation is 2. The Balaban J connectivity index is 1.19. The molecule has 222 valence electrons. The smallest absolute Gasteiger partial charge is 0.227 e. The zero-order valence-electron chi connectivity index (χ0n) is 26.0. The van der Waals surface area contributed by atoms with Crippen LogP contribution >= 0.6 is 0 Å². The summed E-state index contributed by atoms with van der Waals surface area (Å²) in [6.07, 6.45) is 6.66. The molecular weight excluding hydrogens is 550 g/mol. The van der Waals surface area contributed by atoms with E-state index >= 15 is 0 Å². The zero-order chi connectivity index (χ0) is 30.6. The zero-order valence-corrected chi connectivity index (χ0v) is 26.0. The standard InChI is InChI=1S/C41H37N3O/c1-3-5-12-31-24-25-33(13-6-4-2)40-39(31)44-41(45-40)34-26-20-29(21-27-34)28-18-22-32(23-19-28)38-37(30-14-8-7-9-15-30)42-35-16-10-11-17-36(35)43-38/h7-11,14-27H,3-6,12-13H2,1-2H3. The van der Waals surface area contributed by atoms with Gasteiger partial charge < -0.3 is 4.42 Å². The van der Waals surface area contributed by atoms with Crippen molar-refractivity contribution in [1.82, 2.24) is 15.0 Å². The van der Waals surface area contributed by atoms with Crippen molar-refractivity contribution in [1.29, 1.82) is 0 Å². The highest BCUT2D eigenvalue weighted by molar-refractivity contribution is 5.87. The van der Waals surface area contributed by atoms with Crippen LogP contribution in [0.1, 0.15) is 50.7 Å². The Bertz CT molecular complexity index is 2010. The Morgan fingerprint density at radius 3 is 1.56 bits per heavy atom. The summed E-state index contributed by atoms with van der Waals surface area (Å²) in [6.45, 7) is 4.46. The van der Waals surface area contributed by atoms with Crippen molar-refractivity contribution in [3.8, 4) is 45.1 Å². The van der Waals surface area contributed by atoms with Gasteiger partial charge >= 0.3 is 0 Å². The average molecular weight is 588 g/mol. The van der Waals surface area contributed by atoms with Crippen LogP contribution in [0.15, 0.2) is 120 Å². The maximum atomic E-state index is 6.47. The van der Waals surface area contributed by atoms with Crippen molar-refractivity contribution in [2.75, 3.05) is 0 Å². The summed E-state index contributed by atoms with van der Waals surface area (Å²) in [6, 6.07) is 40.0. The fourth-order valence-electron chi connectivity index (χ4n) is 5.99. The summed E-state index contributed by atoms with van der Waals surface area (Å²) in [5.41, 5.74) is 13.4. The molecule has 0 bridgehead atoms. The molecule has 0 saturated heterocycles. The predicted molar refractivity (Wildman–Crippen MR) is 186 cm³/mol. The molecule has 2 heterocycles. The van der Waals surface area contributed by atoms with Gasteiger partial charge in [-0.2, -0.15) is 0 Å². The lowest BCUT2D eigenvalue weighted by molar-refractivity contribution is 0.613. The Labute approximate surface area is 264 Å². The predicted octanol–water partition coefficient (Wildman–Crippen LogP) is 11.1. The van der Waals surface area contributed by atoms with Crippen LogP contribution < -0.4 is 0 Å². The van der Waals surface area contributed by atoms with Crippen LogP contribution in [-0.2, 0) is 12.8 Å². The molecule has 0 saturated carbocycles. The van der Waals surface area contributed by atoms with Crippen LogP contribution in [0, 0.1) is 0 Å². The van der Waals surface area contributed by atoms with Gasteiger partial charge in [0.25, 0.3) is 0 Å². The van der Waals surface area contributed by atoms with E-state index in [4.69, 9.17) is 19.4 Å². The van der Waals surface area contributed by atoms with E-state index < -0.39 is 0 Å².